The fraction of sp³-hybridized carbons (Fsp3) is 0.588. The van der Waals surface area contributed by atoms with Crippen LogP contribution in [0.5, 0.6) is 0 Å². The van der Waals surface area contributed by atoms with Gasteiger partial charge in [-0.1, -0.05) is 0 Å². The van der Waals surface area contributed by atoms with E-state index in [1.165, 1.54) is 12.1 Å². The Balaban J connectivity index is 1.51. The van der Waals surface area contributed by atoms with Gasteiger partial charge in [0.25, 0.3) is 5.69 Å². The molecule has 0 aromatic heterocycles. The SMILES string of the molecule is N#Cc1ccc([N+](=O)[O-])c(NCC23CC2CCC2(C3)OCCO2)c1. The van der Waals surface area contributed by atoms with E-state index in [2.05, 4.69) is 5.32 Å². The lowest BCUT2D eigenvalue weighted by Crippen LogP contribution is -2.39. The fourth-order valence-corrected chi connectivity index (χ4v) is 4.28. The Kier molecular flexibility index (Phi) is 3.48. The zero-order valence-electron chi connectivity index (χ0n) is 13.3. The van der Waals surface area contributed by atoms with Crippen LogP contribution in [0.15, 0.2) is 18.2 Å². The van der Waals surface area contributed by atoms with Gasteiger partial charge in [-0.25, -0.2) is 0 Å². The third kappa shape index (κ3) is 2.52. The van der Waals surface area contributed by atoms with Gasteiger partial charge in [-0.3, -0.25) is 10.1 Å². The number of anilines is 1. The van der Waals surface area contributed by atoms with Gasteiger partial charge in [0.2, 0.25) is 0 Å². The Hall–Kier alpha value is -2.17. The van der Waals surface area contributed by atoms with Gasteiger partial charge in [0.15, 0.2) is 5.79 Å². The molecule has 2 atom stereocenters. The number of hydrogen-bond acceptors (Lipinski definition) is 6. The molecule has 3 aliphatic rings. The summed E-state index contributed by atoms with van der Waals surface area (Å²) in [6.07, 6.45) is 3.94. The van der Waals surface area contributed by atoms with Crippen LogP contribution in [0.4, 0.5) is 11.4 Å². The van der Waals surface area contributed by atoms with Gasteiger partial charge in [0.05, 0.1) is 29.8 Å². The van der Waals surface area contributed by atoms with Crippen molar-refractivity contribution in [2.75, 3.05) is 25.1 Å². The van der Waals surface area contributed by atoms with Gasteiger partial charge in [0, 0.05) is 25.5 Å². The van der Waals surface area contributed by atoms with Crippen LogP contribution in [0.25, 0.3) is 0 Å². The van der Waals surface area contributed by atoms with Gasteiger partial charge in [0.1, 0.15) is 5.69 Å². The number of hydrogen-bond donors (Lipinski definition) is 1. The molecule has 1 heterocycles. The summed E-state index contributed by atoms with van der Waals surface area (Å²) in [7, 11) is 0. The molecule has 1 aromatic carbocycles. The highest BCUT2D eigenvalue weighted by molar-refractivity contribution is 5.64. The molecule has 4 rings (SSSR count). The van der Waals surface area contributed by atoms with Crippen molar-refractivity contribution in [1.29, 1.82) is 5.26 Å². The van der Waals surface area contributed by atoms with Crippen LogP contribution in [-0.2, 0) is 9.47 Å². The predicted octanol–water partition coefficient (Wildman–Crippen LogP) is 2.81. The van der Waals surface area contributed by atoms with Gasteiger partial charge < -0.3 is 14.8 Å². The third-order valence-electron chi connectivity index (χ3n) is 5.62. The molecule has 1 spiro atoms. The van der Waals surface area contributed by atoms with E-state index >= 15 is 0 Å². The zero-order valence-corrected chi connectivity index (χ0v) is 13.3. The van der Waals surface area contributed by atoms with Crippen LogP contribution in [0.1, 0.15) is 31.2 Å². The van der Waals surface area contributed by atoms with E-state index in [1.807, 2.05) is 6.07 Å². The van der Waals surface area contributed by atoms with Crippen molar-refractivity contribution >= 4 is 11.4 Å². The summed E-state index contributed by atoms with van der Waals surface area (Å²) in [4.78, 5) is 10.8. The number of ether oxygens (including phenoxy) is 2. The molecule has 1 saturated heterocycles. The first-order chi connectivity index (χ1) is 11.6. The van der Waals surface area contributed by atoms with Crippen LogP contribution < -0.4 is 5.32 Å². The highest BCUT2D eigenvalue weighted by atomic mass is 16.7. The average molecular weight is 329 g/mol. The Bertz CT molecular complexity index is 723. The molecule has 2 unspecified atom stereocenters. The first-order valence-electron chi connectivity index (χ1n) is 8.26. The van der Waals surface area contributed by atoms with Crippen molar-refractivity contribution in [2.24, 2.45) is 11.3 Å². The van der Waals surface area contributed by atoms with E-state index in [4.69, 9.17) is 14.7 Å². The summed E-state index contributed by atoms with van der Waals surface area (Å²) in [5, 5.41) is 23.5. The molecule has 0 amide bonds. The molecule has 7 heteroatoms. The number of nitriles is 1. The van der Waals surface area contributed by atoms with Crippen LogP contribution in [-0.4, -0.2) is 30.5 Å². The second kappa shape index (κ2) is 5.43. The highest BCUT2D eigenvalue weighted by Crippen LogP contribution is 2.64. The summed E-state index contributed by atoms with van der Waals surface area (Å²) in [5.41, 5.74) is 0.906. The summed E-state index contributed by atoms with van der Waals surface area (Å²) in [6, 6.07) is 6.43. The number of nitrogens with one attached hydrogen (secondary N) is 1. The van der Waals surface area contributed by atoms with Crippen molar-refractivity contribution in [3.8, 4) is 6.07 Å². The van der Waals surface area contributed by atoms with Crippen molar-refractivity contribution in [2.45, 2.75) is 31.5 Å². The van der Waals surface area contributed by atoms with Crippen molar-refractivity contribution in [1.82, 2.24) is 0 Å². The van der Waals surface area contributed by atoms with E-state index in [0.717, 1.165) is 25.7 Å². The first-order valence-corrected chi connectivity index (χ1v) is 8.26. The number of rotatable bonds is 4. The van der Waals surface area contributed by atoms with Crippen molar-refractivity contribution in [3.63, 3.8) is 0 Å². The Morgan fingerprint density at radius 2 is 2.21 bits per heavy atom. The lowest BCUT2D eigenvalue weighted by atomic mass is 9.84. The van der Waals surface area contributed by atoms with E-state index in [-0.39, 0.29) is 11.1 Å². The molecule has 126 valence electrons. The van der Waals surface area contributed by atoms with Crippen molar-refractivity contribution in [3.05, 3.63) is 33.9 Å². The smallest absolute Gasteiger partial charge is 0.292 e. The highest BCUT2D eigenvalue weighted by Gasteiger charge is 2.62. The van der Waals surface area contributed by atoms with Gasteiger partial charge in [-0.15, -0.1) is 0 Å². The topological polar surface area (TPSA) is 97.4 Å². The zero-order chi connectivity index (χ0) is 16.8. The van der Waals surface area contributed by atoms with E-state index in [0.29, 0.717) is 36.9 Å². The maximum atomic E-state index is 11.2. The standard InChI is InChI=1S/C17H19N3O4/c18-9-12-1-2-15(20(21)22)14(7-12)19-11-16-8-13(16)3-4-17(10-16)23-5-6-24-17/h1-2,7,13,19H,3-6,8,10-11H2. The summed E-state index contributed by atoms with van der Waals surface area (Å²) >= 11 is 0. The molecule has 1 N–H and O–H groups in total. The molecule has 24 heavy (non-hydrogen) atoms. The summed E-state index contributed by atoms with van der Waals surface area (Å²) in [6.45, 7) is 1.93. The number of nitrogens with zero attached hydrogens (tertiary/aromatic N) is 2. The van der Waals surface area contributed by atoms with Crippen LogP contribution in [0.3, 0.4) is 0 Å². The number of nitro groups is 1. The van der Waals surface area contributed by atoms with Gasteiger partial charge in [-0.05, 0) is 36.3 Å². The molecule has 3 fully saturated rings. The maximum Gasteiger partial charge on any atom is 0.292 e. The predicted molar refractivity (Wildman–Crippen MR) is 85.3 cm³/mol. The molecule has 1 aromatic rings. The molecular weight excluding hydrogens is 310 g/mol. The molecule has 1 aliphatic heterocycles. The normalized spacial score (nSPS) is 29.7. The molecule has 0 bridgehead atoms. The maximum absolute atomic E-state index is 11.2. The van der Waals surface area contributed by atoms with Gasteiger partial charge in [-0.2, -0.15) is 5.26 Å². The molecule has 2 saturated carbocycles. The van der Waals surface area contributed by atoms with Crippen LogP contribution in [0.2, 0.25) is 0 Å². The average Bonchev–Trinajstić information content (AvgIpc) is 3.12. The fourth-order valence-electron chi connectivity index (χ4n) is 4.28. The monoisotopic (exact) mass is 329 g/mol. The third-order valence-corrected chi connectivity index (χ3v) is 5.62. The Labute approximate surface area is 139 Å². The Morgan fingerprint density at radius 1 is 1.42 bits per heavy atom. The summed E-state index contributed by atoms with van der Waals surface area (Å²) in [5.74, 6) is 0.177. The second-order valence-electron chi connectivity index (χ2n) is 7.04. The first kappa shape index (κ1) is 15.4. The van der Waals surface area contributed by atoms with E-state index in [1.54, 1.807) is 6.07 Å². The molecule has 2 aliphatic carbocycles. The largest absolute Gasteiger partial charge is 0.379 e. The van der Waals surface area contributed by atoms with Crippen LogP contribution >= 0.6 is 0 Å². The number of fused-ring (bicyclic) bond motifs is 1. The molecular formula is C17H19N3O4. The lowest BCUT2D eigenvalue weighted by Gasteiger charge is -2.36. The minimum Gasteiger partial charge on any atom is -0.379 e. The van der Waals surface area contributed by atoms with E-state index in [9.17, 15) is 10.1 Å². The summed E-state index contributed by atoms with van der Waals surface area (Å²) < 4.78 is 11.7. The van der Waals surface area contributed by atoms with Crippen LogP contribution in [0, 0.1) is 32.8 Å². The Morgan fingerprint density at radius 3 is 2.92 bits per heavy atom. The molecule has 7 nitrogen and oxygen atoms in total. The minimum absolute atomic E-state index is 0.00138. The minimum atomic E-state index is -0.449. The van der Waals surface area contributed by atoms with Crippen molar-refractivity contribution < 1.29 is 14.4 Å². The second-order valence-corrected chi connectivity index (χ2v) is 7.04. The number of benzene rings is 1. The molecule has 0 radical (unpaired) electrons. The van der Waals surface area contributed by atoms with E-state index < -0.39 is 10.7 Å². The quantitative estimate of drug-likeness (QED) is 0.674. The lowest BCUT2D eigenvalue weighted by molar-refractivity contribution is -0.384. The number of nitro benzene ring substituents is 1. The van der Waals surface area contributed by atoms with Gasteiger partial charge >= 0.3 is 0 Å².